The summed E-state index contributed by atoms with van der Waals surface area (Å²) in [5, 5.41) is 0. The first kappa shape index (κ1) is 18.8. The molecule has 0 atom stereocenters. The van der Waals surface area contributed by atoms with Gasteiger partial charge in [0.05, 0.1) is 0 Å². The van der Waals surface area contributed by atoms with Crippen LogP contribution < -0.4 is 0 Å². The normalized spacial score (nSPS) is 13.5. The van der Waals surface area contributed by atoms with Crippen LogP contribution in [0.25, 0.3) is 0 Å². The summed E-state index contributed by atoms with van der Waals surface area (Å²) in [6, 6.07) is 0. The van der Waals surface area contributed by atoms with E-state index in [0.29, 0.717) is 0 Å². The van der Waals surface area contributed by atoms with Crippen LogP contribution in [-0.4, -0.2) is 62.6 Å². The molecule has 1 aliphatic rings. The van der Waals surface area contributed by atoms with Gasteiger partial charge in [0.25, 0.3) is 0 Å². The van der Waals surface area contributed by atoms with Crippen LogP contribution in [0.3, 0.4) is 0 Å². The van der Waals surface area contributed by atoms with Crippen LogP contribution in [0.4, 0.5) is 0 Å². The average Bonchev–Trinajstić information content (AvgIpc) is 2.44. The van der Waals surface area contributed by atoms with Gasteiger partial charge in [0.15, 0.2) is 17.4 Å². The third kappa shape index (κ3) is 17.2. The summed E-state index contributed by atoms with van der Waals surface area (Å²) in [6.07, 6.45) is 2.56. The van der Waals surface area contributed by atoms with Crippen molar-refractivity contribution in [1.29, 1.82) is 0 Å². The molecule has 0 aliphatic carbocycles. The Hall–Kier alpha value is 1.05. The third-order valence-electron chi connectivity index (χ3n) is 1.24. The Bertz CT molecular complexity index is 51.4. The number of rotatable bonds is 2. The molecule has 0 aromatic carbocycles. The molecule has 0 aromatic heterocycles. The van der Waals surface area contributed by atoms with Crippen molar-refractivity contribution in [2.45, 2.75) is 26.7 Å². The summed E-state index contributed by atoms with van der Waals surface area (Å²) in [4.78, 5) is 0. The molecule has 70 valence electrons. The van der Waals surface area contributed by atoms with Crippen molar-refractivity contribution in [3.8, 4) is 0 Å². The van der Waals surface area contributed by atoms with Gasteiger partial charge in [0.1, 0.15) is 0 Å². The fraction of sp³-hybridized carbons (Fsp3) is 1.00. The van der Waals surface area contributed by atoms with E-state index in [-0.39, 0.29) is 36.2 Å². The van der Waals surface area contributed by atoms with Gasteiger partial charge < -0.3 is 9.47 Å². The maximum atomic E-state index is 4.94. The first-order chi connectivity index (χ1) is 4.91. The van der Waals surface area contributed by atoms with Crippen molar-refractivity contribution < 1.29 is 9.47 Å². The van der Waals surface area contributed by atoms with E-state index in [0.717, 1.165) is 26.4 Å². The van der Waals surface area contributed by atoms with Crippen LogP contribution in [0.1, 0.15) is 26.7 Å². The molecular weight excluding hydrogens is 162 g/mol. The molecule has 0 amide bonds. The van der Waals surface area contributed by atoms with Gasteiger partial charge in [0, 0.05) is 26.4 Å². The van der Waals surface area contributed by atoms with Gasteiger partial charge in [-0.3, -0.25) is 0 Å². The summed E-state index contributed by atoms with van der Waals surface area (Å²) in [7, 11) is 0. The molecule has 1 fully saturated rings. The van der Waals surface area contributed by atoms with Gasteiger partial charge in [-0.25, -0.2) is 0 Å². The first-order valence-corrected chi connectivity index (χ1v) is 4.07. The average molecular weight is 184 g/mol. The van der Waals surface area contributed by atoms with Gasteiger partial charge in [-0.2, -0.15) is 0 Å². The minimum absolute atomic E-state index is 0. The van der Waals surface area contributed by atoms with Crippen LogP contribution in [0, 0.1) is 0 Å². The molecule has 1 rings (SSSR count). The molecule has 0 spiro atoms. The minimum atomic E-state index is 0. The van der Waals surface area contributed by atoms with E-state index in [1.165, 1.54) is 12.8 Å². The van der Waals surface area contributed by atoms with E-state index in [1.54, 1.807) is 0 Å². The Morgan fingerprint density at radius 1 is 1.08 bits per heavy atom. The SMILES string of the molecule is C1CCOC1.CCOCC.[AlH3].[LiH]. The van der Waals surface area contributed by atoms with Crippen LogP contribution >= 0.6 is 0 Å². The number of hydrogen-bond acceptors (Lipinski definition) is 2. The standard InChI is InChI=1S/C4H8O.C4H10O.Al.Li.4H/c1-2-4-5-3-1;1-3-5-4-2;;;;;;/h1-4H2;3-4H2,1-2H3;;;;;;. The van der Waals surface area contributed by atoms with Crippen molar-refractivity contribution in [1.82, 2.24) is 0 Å². The zero-order valence-electron chi connectivity index (χ0n) is 7.06. The molecule has 1 heterocycles. The molecule has 2 nitrogen and oxygen atoms in total. The van der Waals surface area contributed by atoms with Gasteiger partial charge in [-0.1, -0.05) is 0 Å². The van der Waals surface area contributed by atoms with Crippen LogP contribution in [0.5, 0.6) is 0 Å². The predicted octanol–water partition coefficient (Wildman–Crippen LogP) is 0.00720. The monoisotopic (exact) mass is 184 g/mol. The van der Waals surface area contributed by atoms with Crippen LogP contribution in [-0.2, 0) is 9.47 Å². The van der Waals surface area contributed by atoms with Gasteiger partial charge in [-0.05, 0) is 26.7 Å². The molecule has 0 N–H and O–H groups in total. The van der Waals surface area contributed by atoms with Crippen molar-refractivity contribution in [2.24, 2.45) is 0 Å². The Kier molecular flexibility index (Phi) is 28.1. The summed E-state index contributed by atoms with van der Waals surface area (Å²) in [6.45, 7) is 7.67. The molecule has 1 saturated heterocycles. The first-order valence-electron chi connectivity index (χ1n) is 4.07. The second-order valence-electron chi connectivity index (χ2n) is 2.10. The molecule has 12 heavy (non-hydrogen) atoms. The Labute approximate surface area is 98.7 Å². The molecule has 0 aromatic rings. The van der Waals surface area contributed by atoms with Gasteiger partial charge in [0.2, 0.25) is 0 Å². The van der Waals surface area contributed by atoms with E-state index in [9.17, 15) is 0 Å². The second-order valence-corrected chi connectivity index (χ2v) is 2.10. The molecular formula is C8H22AlLiO2. The quantitative estimate of drug-likeness (QED) is 0.563. The van der Waals surface area contributed by atoms with Crippen molar-refractivity contribution in [3.63, 3.8) is 0 Å². The van der Waals surface area contributed by atoms with Gasteiger partial charge >= 0.3 is 18.9 Å². The summed E-state index contributed by atoms with van der Waals surface area (Å²) in [5.74, 6) is 0. The van der Waals surface area contributed by atoms with Gasteiger partial charge in [-0.15, -0.1) is 0 Å². The van der Waals surface area contributed by atoms with Crippen molar-refractivity contribution in [2.75, 3.05) is 26.4 Å². The Morgan fingerprint density at radius 2 is 1.50 bits per heavy atom. The van der Waals surface area contributed by atoms with E-state index >= 15 is 0 Å². The third-order valence-corrected chi connectivity index (χ3v) is 1.24. The molecule has 0 radical (unpaired) electrons. The zero-order chi connectivity index (χ0) is 7.66. The topological polar surface area (TPSA) is 18.5 Å². The fourth-order valence-corrected chi connectivity index (χ4v) is 0.714. The van der Waals surface area contributed by atoms with Crippen LogP contribution in [0.2, 0.25) is 0 Å². The second kappa shape index (κ2) is 18.0. The van der Waals surface area contributed by atoms with Crippen molar-refractivity contribution in [3.05, 3.63) is 0 Å². The summed E-state index contributed by atoms with van der Waals surface area (Å²) >= 11 is 0. The maximum absolute atomic E-state index is 4.94. The molecule has 0 saturated carbocycles. The molecule has 0 unspecified atom stereocenters. The fourth-order valence-electron chi connectivity index (χ4n) is 0.714. The predicted molar refractivity (Wildman–Crippen MR) is 59.3 cm³/mol. The summed E-state index contributed by atoms with van der Waals surface area (Å²) in [5.41, 5.74) is 0. The van der Waals surface area contributed by atoms with E-state index in [1.807, 2.05) is 13.8 Å². The van der Waals surface area contributed by atoms with E-state index in [2.05, 4.69) is 0 Å². The zero-order valence-corrected chi connectivity index (χ0v) is 7.06. The molecule has 4 heteroatoms. The molecule has 0 bridgehead atoms. The Balaban J connectivity index is -0.000000116. The summed E-state index contributed by atoms with van der Waals surface area (Å²) < 4.78 is 9.78. The van der Waals surface area contributed by atoms with E-state index in [4.69, 9.17) is 9.47 Å². The van der Waals surface area contributed by atoms with E-state index < -0.39 is 0 Å². The number of hydrogen-bond donors (Lipinski definition) is 0. The van der Waals surface area contributed by atoms with Crippen LogP contribution in [0.15, 0.2) is 0 Å². The Morgan fingerprint density at radius 3 is 1.58 bits per heavy atom. The molecule has 1 aliphatic heterocycles. The van der Waals surface area contributed by atoms with Crippen molar-refractivity contribution >= 4 is 36.2 Å². The number of ether oxygens (including phenoxy) is 2.